The van der Waals surface area contributed by atoms with Crippen molar-refractivity contribution in [2.24, 2.45) is 5.73 Å². The molecule has 2 unspecified atom stereocenters. The molecule has 1 fully saturated rings. The van der Waals surface area contributed by atoms with Crippen LogP contribution in [0.25, 0.3) is 11.6 Å². The van der Waals surface area contributed by atoms with Gasteiger partial charge in [0.1, 0.15) is 0 Å². The second-order valence-electron chi connectivity index (χ2n) is 8.00. The lowest BCUT2D eigenvalue weighted by atomic mass is 9.97. The van der Waals surface area contributed by atoms with Gasteiger partial charge >= 0.3 is 0 Å². The molecular weight excluding hydrogens is 428 g/mol. The third-order valence-corrected chi connectivity index (χ3v) is 5.45. The van der Waals surface area contributed by atoms with Crippen LogP contribution in [-0.4, -0.2) is 48.0 Å². The fraction of sp³-hybridized carbons (Fsp3) is 0.286. The van der Waals surface area contributed by atoms with Crippen LogP contribution in [-0.2, 0) is 20.7 Å². The Hall–Kier alpha value is -3.16. The second kappa shape index (κ2) is 13.5. The second-order valence-corrected chi connectivity index (χ2v) is 8.00. The van der Waals surface area contributed by atoms with Gasteiger partial charge in [-0.05, 0) is 65.5 Å². The predicted octanol–water partition coefficient (Wildman–Crippen LogP) is 3.88. The summed E-state index contributed by atoms with van der Waals surface area (Å²) in [5.41, 5.74) is 9.82. The van der Waals surface area contributed by atoms with E-state index in [1.54, 1.807) is 30.6 Å². The van der Waals surface area contributed by atoms with Gasteiger partial charge in [-0.25, -0.2) is 0 Å². The molecule has 1 aliphatic heterocycles. The number of aliphatic hydroxyl groups is 1. The molecule has 6 heteroatoms. The van der Waals surface area contributed by atoms with Crippen LogP contribution in [0.4, 0.5) is 0 Å². The molecule has 0 saturated carbocycles. The van der Waals surface area contributed by atoms with Gasteiger partial charge in [-0.2, -0.15) is 0 Å². The summed E-state index contributed by atoms with van der Waals surface area (Å²) < 4.78 is 11.0. The van der Waals surface area contributed by atoms with E-state index in [1.807, 2.05) is 48.6 Å². The van der Waals surface area contributed by atoms with E-state index in [0.29, 0.717) is 18.7 Å². The minimum Gasteiger partial charge on any atom is -0.376 e. The maximum atomic E-state index is 12.8. The Kier molecular flexibility index (Phi) is 10.1. The maximum Gasteiger partial charge on any atom is 0.174 e. The molecule has 0 spiro atoms. The number of aromatic nitrogens is 1. The van der Waals surface area contributed by atoms with Crippen LogP contribution in [0.3, 0.4) is 0 Å². The van der Waals surface area contributed by atoms with E-state index >= 15 is 0 Å². The molecule has 3 N–H and O–H groups in total. The smallest absolute Gasteiger partial charge is 0.174 e. The number of aliphatic hydroxyl groups excluding tert-OH is 1. The van der Waals surface area contributed by atoms with Gasteiger partial charge < -0.3 is 20.3 Å². The molecule has 1 aromatic carbocycles. The van der Waals surface area contributed by atoms with E-state index in [4.69, 9.17) is 15.2 Å². The monoisotopic (exact) mass is 460 g/mol. The first kappa shape index (κ1) is 25.5. The number of rotatable bonds is 12. The number of carbonyl (C=O) groups is 1. The van der Waals surface area contributed by atoms with Crippen molar-refractivity contribution >= 4 is 17.4 Å². The third kappa shape index (κ3) is 8.01. The lowest BCUT2D eigenvalue weighted by Gasteiger charge is -2.12. The Bertz CT molecular complexity index is 1040. The summed E-state index contributed by atoms with van der Waals surface area (Å²) in [6.07, 6.45) is 13.3. The lowest BCUT2D eigenvalue weighted by molar-refractivity contribution is -0.114. The molecule has 6 nitrogen and oxygen atoms in total. The number of ketones is 1. The number of benzene rings is 1. The van der Waals surface area contributed by atoms with Crippen LogP contribution in [0.5, 0.6) is 0 Å². The zero-order valence-corrected chi connectivity index (χ0v) is 19.3. The highest BCUT2D eigenvalue weighted by molar-refractivity contribution is 6.01. The molecule has 178 valence electrons. The normalized spacial score (nSPS) is 17.8. The van der Waals surface area contributed by atoms with Crippen LogP contribution in [0, 0.1) is 0 Å². The fourth-order valence-electron chi connectivity index (χ4n) is 3.65. The zero-order chi connectivity index (χ0) is 24.2. The standard InChI is InChI=1S/C28H32N2O4/c1-2-23(27(31)18-22-11-14-30-15-12-22)19-25(10-13-29)24-6-3-5-21(17-24)8-9-28(32)34-20-26-7-4-16-33-26/h2-3,5-6,8-12,14-15,17,19,26,28,32H,1,4,7,13,16,18,20,29H2/b9-8+,23-19+,25-10-. The van der Waals surface area contributed by atoms with E-state index in [9.17, 15) is 9.90 Å². The molecule has 0 radical (unpaired) electrons. The van der Waals surface area contributed by atoms with E-state index < -0.39 is 6.29 Å². The molecule has 1 saturated heterocycles. The number of nitrogens with zero attached hydrogens (tertiary/aromatic N) is 1. The van der Waals surface area contributed by atoms with Crippen LogP contribution >= 0.6 is 0 Å². The summed E-state index contributed by atoms with van der Waals surface area (Å²) in [6, 6.07) is 11.4. The highest BCUT2D eigenvalue weighted by Gasteiger charge is 2.16. The molecule has 2 aromatic rings. The first-order valence-electron chi connectivity index (χ1n) is 11.5. The Morgan fingerprint density at radius 2 is 2.15 bits per heavy atom. The molecule has 0 amide bonds. The number of Topliss-reactive ketones (excluding diaryl/α,β-unsaturated/α-hetero) is 1. The molecule has 34 heavy (non-hydrogen) atoms. The van der Waals surface area contributed by atoms with Crippen LogP contribution in [0.15, 0.2) is 85.2 Å². The lowest BCUT2D eigenvalue weighted by Crippen LogP contribution is -2.19. The van der Waals surface area contributed by atoms with E-state index in [0.717, 1.165) is 41.7 Å². The average molecular weight is 461 g/mol. The summed E-state index contributed by atoms with van der Waals surface area (Å²) in [5.74, 6) is -0.0355. The number of carbonyl (C=O) groups excluding carboxylic acids is 1. The quantitative estimate of drug-likeness (QED) is 0.284. The molecule has 2 heterocycles. The van der Waals surface area contributed by atoms with Gasteiger partial charge in [-0.3, -0.25) is 9.78 Å². The summed E-state index contributed by atoms with van der Waals surface area (Å²) in [6.45, 7) is 5.27. The Labute approximate surface area is 201 Å². The molecule has 0 bridgehead atoms. The summed E-state index contributed by atoms with van der Waals surface area (Å²) in [5, 5.41) is 10.1. The van der Waals surface area contributed by atoms with Crippen molar-refractivity contribution in [2.75, 3.05) is 19.8 Å². The van der Waals surface area contributed by atoms with E-state index in [-0.39, 0.29) is 18.3 Å². The Morgan fingerprint density at radius 1 is 1.32 bits per heavy atom. The number of hydrogen-bond donors (Lipinski definition) is 2. The van der Waals surface area contributed by atoms with E-state index in [1.165, 1.54) is 0 Å². The Morgan fingerprint density at radius 3 is 2.85 bits per heavy atom. The van der Waals surface area contributed by atoms with Crippen LogP contribution in [0.2, 0.25) is 0 Å². The average Bonchev–Trinajstić information content (AvgIpc) is 3.38. The van der Waals surface area contributed by atoms with Crippen molar-refractivity contribution in [1.29, 1.82) is 0 Å². The van der Waals surface area contributed by atoms with Crippen molar-refractivity contribution < 1.29 is 19.4 Å². The Balaban J connectivity index is 1.71. The van der Waals surface area contributed by atoms with Crippen LogP contribution < -0.4 is 5.73 Å². The highest BCUT2D eigenvalue weighted by atomic mass is 16.6. The zero-order valence-electron chi connectivity index (χ0n) is 19.3. The molecule has 2 atom stereocenters. The maximum absolute atomic E-state index is 12.8. The van der Waals surface area contributed by atoms with Gasteiger partial charge in [-0.15, -0.1) is 0 Å². The van der Waals surface area contributed by atoms with E-state index in [2.05, 4.69) is 11.6 Å². The largest absolute Gasteiger partial charge is 0.376 e. The molecular formula is C28H32N2O4. The van der Waals surface area contributed by atoms with Gasteiger partial charge in [-0.1, -0.05) is 43.0 Å². The summed E-state index contributed by atoms with van der Waals surface area (Å²) >= 11 is 0. The van der Waals surface area contributed by atoms with Gasteiger partial charge in [0.05, 0.1) is 12.7 Å². The number of hydrogen-bond acceptors (Lipinski definition) is 6. The number of allylic oxidation sites excluding steroid dienone is 4. The van der Waals surface area contributed by atoms with Crippen molar-refractivity contribution in [3.8, 4) is 0 Å². The molecule has 1 aliphatic rings. The predicted molar refractivity (Wildman–Crippen MR) is 135 cm³/mol. The topological polar surface area (TPSA) is 94.7 Å². The number of nitrogens with two attached hydrogens (primary N) is 1. The van der Waals surface area contributed by atoms with Crippen LogP contribution in [0.1, 0.15) is 29.5 Å². The van der Waals surface area contributed by atoms with Gasteiger partial charge in [0, 0.05) is 37.5 Å². The summed E-state index contributed by atoms with van der Waals surface area (Å²) in [7, 11) is 0. The third-order valence-electron chi connectivity index (χ3n) is 5.45. The summed E-state index contributed by atoms with van der Waals surface area (Å²) in [4.78, 5) is 16.8. The SMILES string of the molecule is C=C/C(=C\C(=C\CN)c1cccc(/C=C/C(O)OCC2CCCO2)c1)C(=O)Cc1ccncc1. The fourth-order valence-corrected chi connectivity index (χ4v) is 3.65. The van der Waals surface area contributed by atoms with Crippen molar-refractivity contribution in [2.45, 2.75) is 31.7 Å². The minimum atomic E-state index is -1.01. The van der Waals surface area contributed by atoms with Gasteiger partial charge in [0.25, 0.3) is 0 Å². The van der Waals surface area contributed by atoms with Crippen molar-refractivity contribution in [1.82, 2.24) is 4.98 Å². The van der Waals surface area contributed by atoms with Crippen molar-refractivity contribution in [3.05, 3.63) is 102 Å². The van der Waals surface area contributed by atoms with Gasteiger partial charge in [0.2, 0.25) is 0 Å². The first-order valence-corrected chi connectivity index (χ1v) is 11.5. The minimum absolute atomic E-state index is 0.0355. The molecule has 1 aromatic heterocycles. The molecule has 0 aliphatic carbocycles. The highest BCUT2D eigenvalue weighted by Crippen LogP contribution is 2.21. The number of ether oxygens (including phenoxy) is 2. The molecule has 3 rings (SSSR count). The number of pyridine rings is 1. The van der Waals surface area contributed by atoms with Crippen molar-refractivity contribution in [3.63, 3.8) is 0 Å². The van der Waals surface area contributed by atoms with Gasteiger partial charge in [0.15, 0.2) is 12.1 Å². The first-order chi connectivity index (χ1) is 16.6.